The van der Waals surface area contributed by atoms with Crippen LogP contribution in [-0.2, 0) is 19.6 Å². The van der Waals surface area contributed by atoms with Crippen LogP contribution in [0.15, 0.2) is 23.1 Å². The highest BCUT2D eigenvalue weighted by atomic mass is 32.2. The number of piperidine rings is 2. The van der Waals surface area contributed by atoms with Crippen molar-refractivity contribution in [2.75, 3.05) is 19.7 Å². The van der Waals surface area contributed by atoms with E-state index in [9.17, 15) is 18.0 Å². The van der Waals surface area contributed by atoms with E-state index < -0.39 is 16.0 Å². The molecule has 0 N–H and O–H groups in total. The minimum Gasteiger partial charge on any atom is -0.452 e. The Kier molecular flexibility index (Phi) is 7.18. The molecule has 166 valence electrons. The lowest BCUT2D eigenvalue weighted by molar-refractivity contribution is -0.140. The second-order valence-electron chi connectivity index (χ2n) is 8.45. The fraction of sp³-hybridized carbons (Fsp3) is 0.636. The van der Waals surface area contributed by atoms with E-state index in [1.165, 1.54) is 10.4 Å². The third-order valence-corrected chi connectivity index (χ3v) is 8.21. The van der Waals surface area contributed by atoms with Gasteiger partial charge in [0.15, 0.2) is 6.61 Å². The van der Waals surface area contributed by atoms with Crippen molar-refractivity contribution in [2.45, 2.75) is 76.3 Å². The van der Waals surface area contributed by atoms with Gasteiger partial charge in [-0.2, -0.15) is 4.31 Å². The molecule has 2 heterocycles. The van der Waals surface area contributed by atoms with Gasteiger partial charge in [-0.1, -0.05) is 12.5 Å². The number of ether oxygens (including phenoxy) is 1. The van der Waals surface area contributed by atoms with Gasteiger partial charge in [0.05, 0.1) is 10.5 Å². The minimum absolute atomic E-state index is 0.126. The Bertz CT molecular complexity index is 883. The van der Waals surface area contributed by atoms with Gasteiger partial charge in [0.2, 0.25) is 10.0 Å². The summed E-state index contributed by atoms with van der Waals surface area (Å²) in [5, 5.41) is 0. The average Bonchev–Trinajstić information content (AvgIpc) is 2.72. The van der Waals surface area contributed by atoms with E-state index in [0.29, 0.717) is 18.7 Å². The van der Waals surface area contributed by atoms with E-state index in [0.717, 1.165) is 38.5 Å². The van der Waals surface area contributed by atoms with Gasteiger partial charge in [-0.3, -0.25) is 4.79 Å². The first-order valence-electron chi connectivity index (χ1n) is 10.8. The summed E-state index contributed by atoms with van der Waals surface area (Å²) < 4.78 is 32.8. The molecule has 8 heteroatoms. The molecule has 7 nitrogen and oxygen atoms in total. The molecule has 30 heavy (non-hydrogen) atoms. The standard InChI is InChI=1S/C22H32N2O5S/c1-16-10-11-19(14-20(16)30(27,28)23-12-5-4-6-13-23)22(26)29-15-21(25)24-17(2)8-7-9-18(24)3/h10-11,14,17-18H,4-9,12-13,15H2,1-3H3/t17-,18-/m1/s1. The van der Waals surface area contributed by atoms with Crippen molar-refractivity contribution in [1.29, 1.82) is 0 Å². The quantitative estimate of drug-likeness (QED) is 0.662. The summed E-state index contributed by atoms with van der Waals surface area (Å²) in [6.07, 6.45) is 5.69. The van der Waals surface area contributed by atoms with Crippen LogP contribution in [0.5, 0.6) is 0 Å². The predicted octanol–water partition coefficient (Wildman–Crippen LogP) is 3.12. The topological polar surface area (TPSA) is 84.0 Å². The molecular formula is C22H32N2O5S. The fourth-order valence-corrected chi connectivity index (χ4v) is 6.22. The number of amides is 1. The average molecular weight is 437 g/mol. The van der Waals surface area contributed by atoms with Crippen molar-refractivity contribution in [3.8, 4) is 0 Å². The first-order valence-corrected chi connectivity index (χ1v) is 12.2. The van der Waals surface area contributed by atoms with Gasteiger partial charge < -0.3 is 9.64 Å². The van der Waals surface area contributed by atoms with Gasteiger partial charge in [-0.05, 0) is 70.6 Å². The van der Waals surface area contributed by atoms with Crippen LogP contribution in [-0.4, -0.2) is 61.3 Å². The Labute approximate surface area is 179 Å². The Balaban J connectivity index is 1.71. The van der Waals surface area contributed by atoms with E-state index in [2.05, 4.69) is 0 Å². The van der Waals surface area contributed by atoms with Crippen molar-refractivity contribution in [3.63, 3.8) is 0 Å². The SMILES string of the molecule is Cc1ccc(C(=O)OCC(=O)N2[C@H](C)CCC[C@H]2C)cc1S(=O)(=O)N1CCCCC1. The molecule has 2 atom stereocenters. The molecule has 0 spiro atoms. The molecule has 0 aromatic heterocycles. The zero-order chi connectivity index (χ0) is 21.9. The van der Waals surface area contributed by atoms with E-state index in [1.54, 1.807) is 24.0 Å². The van der Waals surface area contributed by atoms with Crippen molar-refractivity contribution in [2.24, 2.45) is 0 Å². The first kappa shape index (κ1) is 22.7. The minimum atomic E-state index is -3.66. The number of likely N-dealkylation sites (tertiary alicyclic amines) is 1. The fourth-order valence-electron chi connectivity index (χ4n) is 4.45. The highest BCUT2D eigenvalue weighted by molar-refractivity contribution is 7.89. The van der Waals surface area contributed by atoms with Crippen LogP contribution in [0.2, 0.25) is 0 Å². The lowest BCUT2D eigenvalue weighted by atomic mass is 9.97. The highest BCUT2D eigenvalue weighted by Crippen LogP contribution is 2.25. The van der Waals surface area contributed by atoms with Gasteiger partial charge in [-0.25, -0.2) is 13.2 Å². The second kappa shape index (κ2) is 9.47. The van der Waals surface area contributed by atoms with E-state index in [4.69, 9.17) is 4.74 Å². The third kappa shape index (κ3) is 4.86. The molecule has 0 radical (unpaired) electrons. The van der Waals surface area contributed by atoms with Crippen molar-refractivity contribution in [3.05, 3.63) is 29.3 Å². The van der Waals surface area contributed by atoms with Crippen molar-refractivity contribution < 1.29 is 22.7 Å². The van der Waals surface area contributed by atoms with E-state index in [1.807, 2.05) is 13.8 Å². The Morgan fingerprint density at radius 2 is 1.67 bits per heavy atom. The molecule has 2 saturated heterocycles. The zero-order valence-electron chi connectivity index (χ0n) is 18.1. The molecule has 0 unspecified atom stereocenters. The van der Waals surface area contributed by atoms with Gasteiger partial charge in [0.25, 0.3) is 5.91 Å². The van der Waals surface area contributed by atoms with Crippen LogP contribution in [0.3, 0.4) is 0 Å². The number of aryl methyl sites for hydroxylation is 1. The van der Waals surface area contributed by atoms with E-state index in [-0.39, 0.29) is 35.1 Å². The largest absolute Gasteiger partial charge is 0.452 e. The number of benzene rings is 1. The Morgan fingerprint density at radius 3 is 2.30 bits per heavy atom. The Hall–Kier alpha value is -1.93. The molecule has 1 amide bonds. The third-order valence-electron chi connectivity index (χ3n) is 6.16. The van der Waals surface area contributed by atoms with Crippen LogP contribution in [0, 0.1) is 6.92 Å². The number of nitrogens with zero attached hydrogens (tertiary/aromatic N) is 2. The van der Waals surface area contributed by atoms with E-state index >= 15 is 0 Å². The lowest BCUT2D eigenvalue weighted by Crippen LogP contribution is -2.49. The number of hydrogen-bond donors (Lipinski definition) is 0. The number of esters is 1. The van der Waals surface area contributed by atoms with Crippen LogP contribution in [0.4, 0.5) is 0 Å². The van der Waals surface area contributed by atoms with Gasteiger partial charge in [-0.15, -0.1) is 0 Å². The van der Waals surface area contributed by atoms with Crippen LogP contribution >= 0.6 is 0 Å². The van der Waals surface area contributed by atoms with Crippen LogP contribution in [0.25, 0.3) is 0 Å². The Morgan fingerprint density at radius 1 is 1.03 bits per heavy atom. The first-order chi connectivity index (χ1) is 14.2. The van der Waals surface area contributed by atoms with Crippen LogP contribution < -0.4 is 0 Å². The van der Waals surface area contributed by atoms with Crippen LogP contribution in [0.1, 0.15) is 68.3 Å². The number of sulfonamides is 1. The molecule has 3 rings (SSSR count). The number of hydrogen-bond acceptors (Lipinski definition) is 5. The lowest BCUT2D eigenvalue weighted by Gasteiger charge is -2.38. The molecule has 0 saturated carbocycles. The van der Waals surface area contributed by atoms with Gasteiger partial charge in [0.1, 0.15) is 0 Å². The molecule has 0 aliphatic carbocycles. The van der Waals surface area contributed by atoms with Crippen molar-refractivity contribution in [1.82, 2.24) is 9.21 Å². The monoisotopic (exact) mass is 436 g/mol. The summed E-state index contributed by atoms with van der Waals surface area (Å²) >= 11 is 0. The van der Waals surface area contributed by atoms with Gasteiger partial charge in [0, 0.05) is 25.2 Å². The number of carbonyl (C=O) groups is 2. The maximum absolute atomic E-state index is 13.0. The molecular weight excluding hydrogens is 404 g/mol. The molecule has 1 aromatic rings. The summed E-state index contributed by atoms with van der Waals surface area (Å²) in [6, 6.07) is 4.78. The highest BCUT2D eigenvalue weighted by Gasteiger charge is 2.30. The summed E-state index contributed by atoms with van der Waals surface area (Å²) in [5.41, 5.74) is 0.730. The van der Waals surface area contributed by atoms with Gasteiger partial charge >= 0.3 is 5.97 Å². The van der Waals surface area contributed by atoms with Crippen molar-refractivity contribution >= 4 is 21.9 Å². The number of carbonyl (C=O) groups excluding carboxylic acids is 2. The second-order valence-corrected chi connectivity index (χ2v) is 10.4. The summed E-state index contributed by atoms with van der Waals surface area (Å²) in [7, 11) is -3.66. The molecule has 2 aliphatic rings. The molecule has 2 fully saturated rings. The summed E-state index contributed by atoms with van der Waals surface area (Å²) in [5.74, 6) is -0.896. The smallest absolute Gasteiger partial charge is 0.338 e. The summed E-state index contributed by atoms with van der Waals surface area (Å²) in [4.78, 5) is 27.1. The zero-order valence-corrected chi connectivity index (χ0v) is 18.9. The molecule has 2 aliphatic heterocycles. The molecule has 1 aromatic carbocycles. The molecule has 0 bridgehead atoms. The summed E-state index contributed by atoms with van der Waals surface area (Å²) in [6.45, 7) is 6.39. The predicted molar refractivity (Wildman–Crippen MR) is 114 cm³/mol. The maximum Gasteiger partial charge on any atom is 0.338 e. The number of rotatable bonds is 5. The normalized spacial score (nSPS) is 23.2. The maximum atomic E-state index is 13.0.